The summed E-state index contributed by atoms with van der Waals surface area (Å²) in [5.41, 5.74) is 0.316. The third-order valence-corrected chi connectivity index (χ3v) is 4.06. The van der Waals surface area contributed by atoms with Gasteiger partial charge in [-0.2, -0.15) is 8.78 Å². The van der Waals surface area contributed by atoms with E-state index in [1.807, 2.05) is 0 Å². The van der Waals surface area contributed by atoms with Crippen molar-refractivity contribution < 1.29 is 17.2 Å². The zero-order valence-corrected chi connectivity index (χ0v) is 12.1. The van der Waals surface area contributed by atoms with Crippen LogP contribution in [0.25, 0.3) is 0 Å². The van der Waals surface area contributed by atoms with E-state index in [0.717, 1.165) is 6.42 Å². The molecule has 0 aliphatic carbocycles. The minimum atomic E-state index is -4.57. The van der Waals surface area contributed by atoms with Gasteiger partial charge in [0.05, 0.1) is 10.6 Å². The van der Waals surface area contributed by atoms with Crippen LogP contribution in [0, 0.1) is 5.41 Å². The SMILES string of the molecule is CC(C)(C)CCNc1ccccc1S(=O)(=O)C(F)F. The number of hydrogen-bond acceptors (Lipinski definition) is 3. The largest absolute Gasteiger partial charge is 0.384 e. The lowest BCUT2D eigenvalue weighted by molar-refractivity contribution is 0.235. The van der Waals surface area contributed by atoms with Crippen molar-refractivity contribution in [3.8, 4) is 0 Å². The Kier molecular flexibility index (Phi) is 4.90. The van der Waals surface area contributed by atoms with E-state index in [9.17, 15) is 17.2 Å². The normalized spacial score (nSPS) is 12.7. The third-order valence-electron chi connectivity index (χ3n) is 2.62. The number of benzene rings is 1. The van der Waals surface area contributed by atoms with Crippen LogP contribution in [0.3, 0.4) is 0 Å². The highest BCUT2D eigenvalue weighted by Crippen LogP contribution is 2.26. The predicted octanol–water partition coefficient (Wildman–Crippen LogP) is 3.53. The number of anilines is 1. The first-order valence-corrected chi connectivity index (χ1v) is 7.54. The third kappa shape index (κ3) is 4.45. The highest BCUT2D eigenvalue weighted by Gasteiger charge is 2.28. The first kappa shape index (κ1) is 15.9. The Morgan fingerprint density at radius 3 is 2.32 bits per heavy atom. The number of nitrogens with one attached hydrogen (secondary N) is 1. The van der Waals surface area contributed by atoms with Crippen LogP contribution < -0.4 is 5.32 Å². The standard InChI is InChI=1S/C13H19F2NO2S/c1-13(2,3)8-9-16-10-6-4-5-7-11(10)19(17,18)12(14)15/h4-7,12,16H,8-9H2,1-3H3. The maximum atomic E-state index is 12.6. The Morgan fingerprint density at radius 2 is 1.79 bits per heavy atom. The molecule has 0 amide bonds. The van der Waals surface area contributed by atoms with Gasteiger partial charge in [-0.15, -0.1) is 0 Å². The van der Waals surface area contributed by atoms with E-state index in [1.54, 1.807) is 6.07 Å². The van der Waals surface area contributed by atoms with Crippen LogP contribution in [-0.4, -0.2) is 20.7 Å². The topological polar surface area (TPSA) is 46.2 Å². The van der Waals surface area contributed by atoms with E-state index in [0.29, 0.717) is 6.54 Å². The van der Waals surface area contributed by atoms with Gasteiger partial charge >= 0.3 is 5.76 Å². The first-order chi connectivity index (χ1) is 8.64. The van der Waals surface area contributed by atoms with Crippen LogP contribution in [0.5, 0.6) is 0 Å². The lowest BCUT2D eigenvalue weighted by Crippen LogP contribution is -2.17. The van der Waals surface area contributed by atoms with E-state index in [2.05, 4.69) is 26.1 Å². The lowest BCUT2D eigenvalue weighted by Gasteiger charge is -2.19. The van der Waals surface area contributed by atoms with E-state index in [1.165, 1.54) is 18.2 Å². The molecule has 0 saturated carbocycles. The number of rotatable bonds is 5. The summed E-state index contributed by atoms with van der Waals surface area (Å²) in [6, 6.07) is 5.74. The summed E-state index contributed by atoms with van der Waals surface area (Å²) in [7, 11) is -4.57. The van der Waals surface area contributed by atoms with Crippen molar-refractivity contribution >= 4 is 15.5 Å². The van der Waals surface area contributed by atoms with Gasteiger partial charge in [-0.25, -0.2) is 8.42 Å². The zero-order chi connectivity index (χ0) is 14.7. The molecule has 0 fully saturated rings. The molecule has 1 rings (SSSR count). The van der Waals surface area contributed by atoms with E-state index >= 15 is 0 Å². The van der Waals surface area contributed by atoms with Gasteiger partial charge < -0.3 is 5.32 Å². The number of alkyl halides is 2. The molecule has 0 heterocycles. The summed E-state index contributed by atoms with van der Waals surface area (Å²) in [6.07, 6.45) is 0.802. The van der Waals surface area contributed by atoms with Crippen LogP contribution >= 0.6 is 0 Å². The minimum absolute atomic E-state index is 0.0868. The molecule has 0 aromatic heterocycles. The average Bonchev–Trinajstić information content (AvgIpc) is 2.27. The van der Waals surface area contributed by atoms with E-state index in [-0.39, 0.29) is 16.0 Å². The highest BCUT2D eigenvalue weighted by atomic mass is 32.2. The van der Waals surface area contributed by atoms with Gasteiger partial charge in [0.15, 0.2) is 0 Å². The molecule has 0 unspecified atom stereocenters. The summed E-state index contributed by atoms with van der Waals surface area (Å²) in [6.45, 7) is 6.68. The Balaban J connectivity index is 2.92. The molecular weight excluding hydrogens is 272 g/mol. The van der Waals surface area contributed by atoms with Gasteiger partial charge in [0.25, 0.3) is 0 Å². The van der Waals surface area contributed by atoms with Crippen LogP contribution in [0.15, 0.2) is 29.2 Å². The second kappa shape index (κ2) is 5.86. The van der Waals surface area contributed by atoms with Gasteiger partial charge in [0, 0.05) is 6.54 Å². The van der Waals surface area contributed by atoms with Crippen molar-refractivity contribution in [3.63, 3.8) is 0 Å². The molecule has 0 saturated heterocycles. The first-order valence-electron chi connectivity index (χ1n) is 5.99. The average molecular weight is 291 g/mol. The van der Waals surface area contributed by atoms with Gasteiger partial charge in [-0.1, -0.05) is 32.9 Å². The Bertz CT molecular complexity index is 522. The molecule has 0 aliphatic heterocycles. The van der Waals surface area contributed by atoms with Crippen molar-refractivity contribution in [1.29, 1.82) is 0 Å². The fourth-order valence-electron chi connectivity index (χ4n) is 1.53. The predicted molar refractivity (Wildman–Crippen MR) is 72.2 cm³/mol. The Hall–Kier alpha value is -1.17. The van der Waals surface area contributed by atoms with Gasteiger partial charge in [0.2, 0.25) is 9.84 Å². The quantitative estimate of drug-likeness (QED) is 0.902. The molecule has 1 aromatic carbocycles. The van der Waals surface area contributed by atoms with Gasteiger partial charge in [-0.05, 0) is 24.0 Å². The summed E-state index contributed by atoms with van der Waals surface area (Å²) in [4.78, 5) is -0.348. The van der Waals surface area contributed by atoms with Crippen LogP contribution in [0.2, 0.25) is 0 Å². The highest BCUT2D eigenvalue weighted by molar-refractivity contribution is 7.91. The summed E-state index contributed by atoms with van der Waals surface area (Å²) in [5, 5.41) is 2.92. The second-order valence-corrected chi connectivity index (χ2v) is 7.43. The van der Waals surface area contributed by atoms with Crippen molar-refractivity contribution in [3.05, 3.63) is 24.3 Å². The molecule has 1 aromatic rings. The zero-order valence-electron chi connectivity index (χ0n) is 11.3. The summed E-state index contributed by atoms with van der Waals surface area (Å²) < 4.78 is 48.2. The maximum absolute atomic E-state index is 12.6. The second-order valence-electron chi connectivity index (χ2n) is 5.54. The number of hydrogen-bond donors (Lipinski definition) is 1. The Morgan fingerprint density at radius 1 is 1.21 bits per heavy atom. The van der Waals surface area contributed by atoms with Gasteiger partial charge in [0.1, 0.15) is 0 Å². The molecule has 3 nitrogen and oxygen atoms in total. The molecule has 0 spiro atoms. The monoisotopic (exact) mass is 291 g/mol. The molecule has 19 heavy (non-hydrogen) atoms. The molecule has 0 atom stereocenters. The molecule has 6 heteroatoms. The van der Waals surface area contributed by atoms with Gasteiger partial charge in [-0.3, -0.25) is 0 Å². The minimum Gasteiger partial charge on any atom is -0.384 e. The molecule has 0 bridgehead atoms. The van der Waals surface area contributed by atoms with Crippen molar-refractivity contribution in [2.24, 2.45) is 5.41 Å². The molecular formula is C13H19F2NO2S. The lowest BCUT2D eigenvalue weighted by atomic mass is 9.92. The Labute approximate surface area is 112 Å². The summed E-state index contributed by atoms with van der Waals surface area (Å²) in [5.74, 6) is -3.40. The van der Waals surface area contributed by atoms with Crippen LogP contribution in [-0.2, 0) is 9.84 Å². The fourth-order valence-corrected chi connectivity index (χ4v) is 2.44. The fraction of sp³-hybridized carbons (Fsp3) is 0.538. The van der Waals surface area contributed by atoms with E-state index in [4.69, 9.17) is 0 Å². The van der Waals surface area contributed by atoms with Crippen molar-refractivity contribution in [1.82, 2.24) is 0 Å². The molecule has 1 N–H and O–H groups in total. The van der Waals surface area contributed by atoms with E-state index < -0.39 is 15.6 Å². The summed E-state index contributed by atoms with van der Waals surface area (Å²) >= 11 is 0. The van der Waals surface area contributed by atoms with Crippen molar-refractivity contribution in [2.75, 3.05) is 11.9 Å². The number of halogens is 2. The number of para-hydroxylation sites is 1. The smallest absolute Gasteiger partial charge is 0.341 e. The molecule has 0 aliphatic rings. The van der Waals surface area contributed by atoms with Crippen LogP contribution in [0.4, 0.5) is 14.5 Å². The molecule has 108 valence electrons. The molecule has 0 radical (unpaired) electrons. The van der Waals surface area contributed by atoms with Crippen LogP contribution in [0.1, 0.15) is 27.2 Å². The maximum Gasteiger partial charge on any atom is 0.341 e. The van der Waals surface area contributed by atoms with Crippen molar-refractivity contribution in [2.45, 2.75) is 37.8 Å². The number of sulfone groups is 1.